The lowest BCUT2D eigenvalue weighted by atomic mass is 10.0. The van der Waals surface area contributed by atoms with Crippen LogP contribution in [0.1, 0.15) is 27.7 Å². The van der Waals surface area contributed by atoms with Crippen LogP contribution in [-0.2, 0) is 9.53 Å². The van der Waals surface area contributed by atoms with E-state index in [0.29, 0.717) is 53.9 Å². The molecule has 0 spiro atoms. The fraction of sp³-hybridized carbons (Fsp3) is 0.292. The molecule has 2 aromatic carbocycles. The van der Waals surface area contributed by atoms with Crippen molar-refractivity contribution in [3.63, 3.8) is 0 Å². The monoisotopic (exact) mass is 439 g/mol. The molecule has 0 aliphatic carbocycles. The van der Waals surface area contributed by atoms with Gasteiger partial charge in [0.05, 0.1) is 23.9 Å². The lowest BCUT2D eigenvalue weighted by molar-refractivity contribution is -0.148. The first-order chi connectivity index (χ1) is 15.4. The number of nitrogens with zero attached hydrogens (tertiary/aromatic N) is 3. The molecule has 3 aromatic rings. The minimum atomic E-state index is -0.670. The topological polar surface area (TPSA) is 62.7 Å². The Bertz CT molecular complexity index is 1160. The van der Waals surface area contributed by atoms with Gasteiger partial charge in [-0.25, -0.2) is 13.6 Å². The normalized spacial score (nSPS) is 15.6. The summed E-state index contributed by atoms with van der Waals surface area (Å²) in [6, 6.07) is 11.1. The molecule has 1 fully saturated rings. The van der Waals surface area contributed by atoms with E-state index in [4.69, 9.17) is 4.74 Å². The van der Waals surface area contributed by atoms with E-state index < -0.39 is 12.0 Å². The van der Waals surface area contributed by atoms with Gasteiger partial charge in [0.1, 0.15) is 17.7 Å². The third-order valence-corrected chi connectivity index (χ3v) is 5.78. The van der Waals surface area contributed by atoms with Crippen molar-refractivity contribution in [3.8, 4) is 0 Å². The van der Waals surface area contributed by atoms with E-state index in [9.17, 15) is 18.4 Å². The summed E-state index contributed by atoms with van der Waals surface area (Å²) >= 11 is 0. The highest BCUT2D eigenvalue weighted by Gasteiger charge is 2.33. The van der Waals surface area contributed by atoms with Crippen LogP contribution in [0.4, 0.5) is 8.78 Å². The van der Waals surface area contributed by atoms with E-state index in [-0.39, 0.29) is 17.5 Å². The largest absolute Gasteiger partial charge is 0.468 e. The zero-order valence-corrected chi connectivity index (χ0v) is 17.8. The Morgan fingerprint density at radius 3 is 2.28 bits per heavy atom. The number of ether oxygens (including phenoxy) is 1. The number of hydrogen-bond acceptors (Lipinski definition) is 5. The lowest BCUT2D eigenvalue weighted by Gasteiger charge is -2.38. The van der Waals surface area contributed by atoms with Gasteiger partial charge >= 0.3 is 5.97 Å². The van der Waals surface area contributed by atoms with Crippen LogP contribution < -0.4 is 0 Å². The van der Waals surface area contributed by atoms with Crippen molar-refractivity contribution in [2.75, 3.05) is 33.3 Å². The van der Waals surface area contributed by atoms with Crippen LogP contribution in [0.3, 0.4) is 0 Å². The van der Waals surface area contributed by atoms with Crippen LogP contribution in [0.25, 0.3) is 10.9 Å². The van der Waals surface area contributed by atoms with Crippen molar-refractivity contribution in [2.45, 2.75) is 13.0 Å². The number of carbonyl (C=O) groups is 2. The number of fused-ring (bicyclic) bond motifs is 1. The van der Waals surface area contributed by atoms with Gasteiger partial charge in [-0.15, -0.1) is 0 Å². The van der Waals surface area contributed by atoms with E-state index in [1.807, 2.05) is 4.90 Å². The second-order valence-corrected chi connectivity index (χ2v) is 7.76. The first kappa shape index (κ1) is 21.8. The van der Waals surface area contributed by atoms with E-state index in [1.54, 1.807) is 36.1 Å². The van der Waals surface area contributed by atoms with Crippen molar-refractivity contribution in [1.29, 1.82) is 0 Å². The molecule has 1 saturated heterocycles. The maximum atomic E-state index is 13.5. The molecule has 4 rings (SSSR count). The molecule has 32 heavy (non-hydrogen) atoms. The van der Waals surface area contributed by atoms with Crippen LogP contribution in [0, 0.1) is 18.6 Å². The minimum absolute atomic E-state index is 0.155. The second-order valence-electron chi connectivity index (χ2n) is 7.76. The standard InChI is InChI=1S/C24H23F2N3O3/c1-15-20(13-17-5-8-19(26)14-21(17)27-15)23(30)29-11-9-28(10-12-29)22(24(31)32-2)16-3-6-18(25)7-4-16/h3-8,13-14,22H,9-12H2,1-2H3/t22-/m0/s1. The zero-order valence-electron chi connectivity index (χ0n) is 17.8. The average Bonchev–Trinajstić information content (AvgIpc) is 2.80. The van der Waals surface area contributed by atoms with Gasteiger partial charge in [-0.05, 0) is 42.8 Å². The highest BCUT2D eigenvalue weighted by Crippen LogP contribution is 2.25. The Kier molecular flexibility index (Phi) is 6.14. The Labute approximate surface area is 184 Å². The number of carbonyl (C=O) groups excluding carboxylic acids is 2. The molecule has 2 heterocycles. The number of rotatable bonds is 4. The zero-order chi connectivity index (χ0) is 22.8. The number of amides is 1. The molecule has 8 heteroatoms. The van der Waals surface area contributed by atoms with Gasteiger partial charge in [-0.3, -0.25) is 14.7 Å². The number of benzene rings is 2. The fourth-order valence-corrected chi connectivity index (χ4v) is 4.06. The van der Waals surface area contributed by atoms with Crippen LogP contribution >= 0.6 is 0 Å². The maximum absolute atomic E-state index is 13.5. The van der Waals surface area contributed by atoms with E-state index in [2.05, 4.69) is 4.98 Å². The Hall–Kier alpha value is -3.39. The molecule has 1 aliphatic rings. The summed E-state index contributed by atoms with van der Waals surface area (Å²) < 4.78 is 31.8. The van der Waals surface area contributed by atoms with Crippen LogP contribution in [0.15, 0.2) is 48.5 Å². The first-order valence-corrected chi connectivity index (χ1v) is 10.3. The van der Waals surface area contributed by atoms with Crippen molar-refractivity contribution >= 4 is 22.8 Å². The highest BCUT2D eigenvalue weighted by atomic mass is 19.1. The van der Waals surface area contributed by atoms with Gasteiger partial charge in [0.25, 0.3) is 5.91 Å². The molecule has 0 saturated carbocycles. The van der Waals surface area contributed by atoms with Gasteiger partial charge in [0.15, 0.2) is 0 Å². The fourth-order valence-electron chi connectivity index (χ4n) is 4.06. The Morgan fingerprint density at radius 2 is 1.62 bits per heavy atom. The summed E-state index contributed by atoms with van der Waals surface area (Å²) in [5.74, 6) is -1.34. The average molecular weight is 439 g/mol. The van der Waals surface area contributed by atoms with Gasteiger partial charge in [0, 0.05) is 37.6 Å². The Morgan fingerprint density at radius 1 is 0.969 bits per heavy atom. The number of aryl methyl sites for hydroxylation is 1. The third kappa shape index (κ3) is 4.31. The molecule has 0 bridgehead atoms. The van der Waals surface area contributed by atoms with E-state index in [1.165, 1.54) is 31.4 Å². The molecule has 0 unspecified atom stereocenters. The number of esters is 1. The number of aromatic nitrogens is 1. The number of piperazine rings is 1. The number of pyridine rings is 1. The molecule has 6 nitrogen and oxygen atoms in total. The van der Waals surface area contributed by atoms with Crippen molar-refractivity contribution < 1.29 is 23.1 Å². The summed E-state index contributed by atoms with van der Waals surface area (Å²) in [6.07, 6.45) is 0. The maximum Gasteiger partial charge on any atom is 0.327 e. The predicted molar refractivity (Wildman–Crippen MR) is 115 cm³/mol. The van der Waals surface area contributed by atoms with Gasteiger partial charge in [-0.1, -0.05) is 12.1 Å². The number of methoxy groups -OCH3 is 1. The lowest BCUT2D eigenvalue weighted by Crippen LogP contribution is -2.51. The minimum Gasteiger partial charge on any atom is -0.468 e. The molecule has 0 radical (unpaired) electrons. The SMILES string of the molecule is COC(=O)[C@H](c1ccc(F)cc1)N1CCN(C(=O)c2cc3ccc(F)cc3nc2C)CC1. The summed E-state index contributed by atoms with van der Waals surface area (Å²) in [4.78, 5) is 33.7. The Balaban J connectivity index is 1.51. The molecule has 1 amide bonds. The van der Waals surface area contributed by atoms with E-state index in [0.717, 1.165) is 0 Å². The van der Waals surface area contributed by atoms with Gasteiger partial charge in [0.2, 0.25) is 0 Å². The van der Waals surface area contributed by atoms with Crippen molar-refractivity contribution in [1.82, 2.24) is 14.8 Å². The summed E-state index contributed by atoms with van der Waals surface area (Å²) in [5.41, 5.74) is 2.15. The summed E-state index contributed by atoms with van der Waals surface area (Å²) in [7, 11) is 1.32. The second kappa shape index (κ2) is 9.00. The van der Waals surface area contributed by atoms with Crippen molar-refractivity contribution in [3.05, 3.63) is 77.0 Å². The molecule has 166 valence electrons. The quantitative estimate of drug-likeness (QED) is 0.583. The van der Waals surface area contributed by atoms with Gasteiger partial charge in [-0.2, -0.15) is 0 Å². The molecule has 1 atom stereocenters. The molecule has 1 aromatic heterocycles. The number of hydrogen-bond donors (Lipinski definition) is 0. The van der Waals surface area contributed by atoms with Crippen molar-refractivity contribution in [2.24, 2.45) is 0 Å². The van der Waals surface area contributed by atoms with E-state index >= 15 is 0 Å². The highest BCUT2D eigenvalue weighted by molar-refractivity contribution is 5.98. The predicted octanol–water partition coefficient (Wildman–Crippen LogP) is 3.49. The van der Waals surface area contributed by atoms with Crippen LogP contribution in [-0.4, -0.2) is 59.9 Å². The third-order valence-electron chi connectivity index (χ3n) is 5.78. The summed E-state index contributed by atoms with van der Waals surface area (Å²) in [5, 5.41) is 0.695. The number of halogens is 2. The van der Waals surface area contributed by atoms with Gasteiger partial charge < -0.3 is 9.64 Å². The first-order valence-electron chi connectivity index (χ1n) is 10.3. The van der Waals surface area contributed by atoms with Crippen LogP contribution in [0.2, 0.25) is 0 Å². The molecule has 1 aliphatic heterocycles. The molecular weight excluding hydrogens is 416 g/mol. The summed E-state index contributed by atoms with van der Waals surface area (Å²) in [6.45, 7) is 3.46. The van der Waals surface area contributed by atoms with Crippen LogP contribution in [0.5, 0.6) is 0 Å². The molecular formula is C24H23F2N3O3. The molecule has 0 N–H and O–H groups in total. The smallest absolute Gasteiger partial charge is 0.327 e.